The van der Waals surface area contributed by atoms with Crippen LogP contribution >= 0.6 is 23.4 Å². The van der Waals surface area contributed by atoms with Gasteiger partial charge in [0.1, 0.15) is 4.58 Å². The Bertz CT molecular complexity index is 1300. The van der Waals surface area contributed by atoms with Crippen molar-refractivity contribution in [2.45, 2.75) is 62.2 Å². The van der Waals surface area contributed by atoms with E-state index in [1.165, 1.54) is 22.5 Å². The first kappa shape index (κ1) is 30.1. The first-order valence-electron chi connectivity index (χ1n) is 13.2. The van der Waals surface area contributed by atoms with Gasteiger partial charge in [0.25, 0.3) is 0 Å². The molecule has 0 saturated heterocycles. The van der Waals surface area contributed by atoms with Gasteiger partial charge in [-0.3, -0.25) is 4.79 Å². The number of allylic oxidation sites excluding steroid dienone is 1. The molecule has 0 amide bonds. The molecule has 4 rings (SSSR count). The van der Waals surface area contributed by atoms with Crippen molar-refractivity contribution in [3.8, 4) is 0 Å². The standard InChI is InChI=1S/C29H37ClN2O5S2/c1-29(2,16-20-12-22-6-4-5-7-23(22)13-20)31-17-24(33)18-32(3)39(36,37)27-15-25(28(30)38-27)21-10-8-19(9-11-21)14-26(34)35/h4-11,20,24,27,31,33H,12-18H2,1-3H3,(H,34,35)/t24-,27?/m1/s1. The lowest BCUT2D eigenvalue weighted by Crippen LogP contribution is -2.48. The van der Waals surface area contributed by atoms with E-state index in [1.807, 2.05) is 0 Å². The number of hydrogen-bond acceptors (Lipinski definition) is 6. The van der Waals surface area contributed by atoms with E-state index in [0.717, 1.165) is 42.2 Å². The molecule has 2 aromatic carbocycles. The minimum Gasteiger partial charge on any atom is -0.481 e. The van der Waals surface area contributed by atoms with Crippen molar-refractivity contribution in [1.29, 1.82) is 0 Å². The lowest BCUT2D eigenvalue weighted by atomic mass is 9.88. The van der Waals surface area contributed by atoms with Crippen molar-refractivity contribution >= 4 is 44.9 Å². The van der Waals surface area contributed by atoms with Crippen LogP contribution in [0.2, 0.25) is 0 Å². The Hall–Kier alpha value is -1.88. The summed E-state index contributed by atoms with van der Waals surface area (Å²) in [5, 5.41) is 23.1. The molecule has 7 nitrogen and oxygen atoms in total. The van der Waals surface area contributed by atoms with Gasteiger partial charge in [0.2, 0.25) is 10.0 Å². The molecule has 0 bridgehead atoms. The van der Waals surface area contributed by atoms with Crippen LogP contribution in [0.3, 0.4) is 0 Å². The van der Waals surface area contributed by atoms with Crippen LogP contribution in [0.15, 0.2) is 52.9 Å². The summed E-state index contributed by atoms with van der Waals surface area (Å²) in [6, 6.07) is 15.5. The van der Waals surface area contributed by atoms with Crippen molar-refractivity contribution in [2.24, 2.45) is 5.92 Å². The third-order valence-electron chi connectivity index (χ3n) is 7.49. The first-order valence-corrected chi connectivity index (χ1v) is 15.9. The molecule has 0 aromatic heterocycles. The summed E-state index contributed by atoms with van der Waals surface area (Å²) in [4.78, 5) is 10.9. The summed E-state index contributed by atoms with van der Waals surface area (Å²) in [5.41, 5.74) is 4.81. The summed E-state index contributed by atoms with van der Waals surface area (Å²) in [6.07, 6.45) is 2.39. The number of carboxylic acids is 1. The van der Waals surface area contributed by atoms with Gasteiger partial charge in [-0.15, -0.1) is 0 Å². The highest BCUT2D eigenvalue weighted by atomic mass is 35.5. The fraction of sp³-hybridized carbons (Fsp3) is 0.483. The molecule has 0 saturated carbocycles. The first-order chi connectivity index (χ1) is 18.3. The van der Waals surface area contributed by atoms with Crippen molar-refractivity contribution in [3.05, 3.63) is 75.1 Å². The van der Waals surface area contributed by atoms with E-state index in [1.54, 1.807) is 24.3 Å². The molecule has 1 heterocycles. The Morgan fingerprint density at radius 2 is 1.74 bits per heavy atom. The van der Waals surface area contributed by atoms with Gasteiger partial charge in [-0.1, -0.05) is 71.9 Å². The number of halogens is 1. The number of carbonyl (C=O) groups is 1. The number of benzene rings is 2. The maximum absolute atomic E-state index is 13.3. The van der Waals surface area contributed by atoms with Crippen LogP contribution in [0, 0.1) is 5.92 Å². The highest BCUT2D eigenvalue weighted by Gasteiger charge is 2.38. The number of β-amino-alcohol motifs (C(OH)–C–C–N with tert-alkyl or cyclic N) is 1. The number of aliphatic carboxylic acids is 1. The summed E-state index contributed by atoms with van der Waals surface area (Å²) >= 11 is 7.55. The number of nitrogens with one attached hydrogen (secondary N) is 1. The SMILES string of the molecule is CN(C[C@H](O)CNC(C)(C)CC1Cc2ccccc2C1)S(=O)(=O)C1CC(c2ccc(CC(=O)O)cc2)=C(Cl)S1. The molecule has 39 heavy (non-hydrogen) atoms. The molecular formula is C29H37ClN2O5S2. The number of thioether (sulfide) groups is 1. The van der Waals surface area contributed by atoms with Gasteiger partial charge < -0.3 is 15.5 Å². The average molecular weight is 593 g/mol. The zero-order valence-corrected chi connectivity index (χ0v) is 25.0. The van der Waals surface area contributed by atoms with E-state index in [9.17, 15) is 18.3 Å². The predicted molar refractivity (Wildman–Crippen MR) is 158 cm³/mol. The molecule has 0 radical (unpaired) electrons. The maximum atomic E-state index is 13.3. The van der Waals surface area contributed by atoms with Crippen molar-refractivity contribution in [1.82, 2.24) is 9.62 Å². The summed E-state index contributed by atoms with van der Waals surface area (Å²) in [6.45, 7) is 4.52. The van der Waals surface area contributed by atoms with Gasteiger partial charge >= 0.3 is 5.97 Å². The summed E-state index contributed by atoms with van der Waals surface area (Å²) < 4.78 is 27.5. The molecule has 1 unspecified atom stereocenters. The molecule has 212 valence electrons. The molecule has 2 aliphatic rings. The largest absolute Gasteiger partial charge is 0.481 e. The van der Waals surface area contributed by atoms with E-state index >= 15 is 0 Å². The smallest absolute Gasteiger partial charge is 0.307 e. The lowest BCUT2D eigenvalue weighted by molar-refractivity contribution is -0.136. The molecule has 1 aliphatic heterocycles. The number of aliphatic hydroxyl groups excluding tert-OH is 1. The van der Waals surface area contributed by atoms with Gasteiger partial charge in [0, 0.05) is 32.1 Å². The van der Waals surface area contributed by atoms with Crippen LogP contribution in [0.25, 0.3) is 5.57 Å². The predicted octanol–water partition coefficient (Wildman–Crippen LogP) is 4.48. The van der Waals surface area contributed by atoms with Gasteiger partial charge in [0.15, 0.2) is 0 Å². The molecule has 10 heteroatoms. The quantitative estimate of drug-likeness (QED) is 0.334. The maximum Gasteiger partial charge on any atom is 0.307 e. The number of aliphatic hydroxyl groups is 1. The van der Waals surface area contributed by atoms with Gasteiger partial charge in [-0.25, -0.2) is 12.7 Å². The van der Waals surface area contributed by atoms with E-state index in [0.29, 0.717) is 15.8 Å². The number of fused-ring (bicyclic) bond motifs is 1. The Labute approximate surface area is 240 Å². The molecule has 3 N–H and O–H groups in total. The number of rotatable bonds is 12. The Balaban J connectivity index is 1.27. The topological polar surface area (TPSA) is 107 Å². The summed E-state index contributed by atoms with van der Waals surface area (Å²) in [7, 11) is -2.24. The molecule has 2 aromatic rings. The van der Waals surface area contributed by atoms with Crippen LogP contribution < -0.4 is 5.32 Å². The Kier molecular flexibility index (Phi) is 9.51. The second kappa shape index (κ2) is 12.3. The van der Waals surface area contributed by atoms with E-state index in [-0.39, 0.29) is 31.5 Å². The number of likely N-dealkylation sites (N-methyl/N-ethyl adjacent to an activating group) is 1. The van der Waals surface area contributed by atoms with Gasteiger partial charge in [0.05, 0.1) is 16.9 Å². The van der Waals surface area contributed by atoms with E-state index < -0.39 is 26.7 Å². The molecule has 1 aliphatic carbocycles. The molecule has 2 atom stereocenters. The van der Waals surface area contributed by atoms with E-state index in [2.05, 4.69) is 43.4 Å². The van der Waals surface area contributed by atoms with E-state index in [4.69, 9.17) is 16.7 Å². The van der Waals surface area contributed by atoms with Gasteiger partial charge in [-0.2, -0.15) is 0 Å². The number of carboxylic acid groups (broad SMARTS) is 1. The van der Waals surface area contributed by atoms with Crippen LogP contribution in [-0.4, -0.2) is 65.3 Å². The van der Waals surface area contributed by atoms with Crippen LogP contribution in [0.1, 0.15) is 48.9 Å². The average Bonchev–Trinajstić information content (AvgIpc) is 3.45. The highest BCUT2D eigenvalue weighted by molar-refractivity contribution is 8.16. The minimum absolute atomic E-state index is 0.0197. The monoisotopic (exact) mass is 592 g/mol. The number of nitrogens with zero attached hydrogens (tertiary/aromatic N) is 1. The number of hydrogen-bond donors (Lipinski definition) is 3. The summed E-state index contributed by atoms with van der Waals surface area (Å²) in [5.74, 6) is -0.365. The highest BCUT2D eigenvalue weighted by Crippen LogP contribution is 2.47. The molecular weight excluding hydrogens is 556 g/mol. The Morgan fingerprint density at radius 3 is 2.33 bits per heavy atom. The second-order valence-electron chi connectivity index (χ2n) is 11.3. The fourth-order valence-corrected chi connectivity index (χ4v) is 9.39. The van der Waals surface area contributed by atoms with Crippen molar-refractivity contribution < 1.29 is 23.4 Å². The van der Waals surface area contributed by atoms with Crippen molar-refractivity contribution in [3.63, 3.8) is 0 Å². The number of sulfonamides is 1. The zero-order chi connectivity index (χ0) is 28.4. The van der Waals surface area contributed by atoms with Crippen molar-refractivity contribution in [2.75, 3.05) is 20.1 Å². The van der Waals surface area contributed by atoms with Crippen LogP contribution in [-0.2, 0) is 34.1 Å². The van der Waals surface area contributed by atoms with Crippen LogP contribution in [0.4, 0.5) is 0 Å². The molecule has 0 fully saturated rings. The van der Waals surface area contributed by atoms with Crippen LogP contribution in [0.5, 0.6) is 0 Å². The third-order valence-corrected chi connectivity index (χ3v) is 11.7. The molecule has 0 spiro atoms. The Morgan fingerprint density at radius 1 is 1.13 bits per heavy atom. The fourth-order valence-electron chi connectivity index (χ4n) is 5.52. The normalized spacial score (nSPS) is 19.1. The zero-order valence-electron chi connectivity index (χ0n) is 22.6. The minimum atomic E-state index is -3.73. The third kappa shape index (κ3) is 7.65. The van der Waals surface area contributed by atoms with Gasteiger partial charge in [-0.05, 0) is 66.9 Å². The lowest BCUT2D eigenvalue weighted by Gasteiger charge is -2.31. The second-order valence-corrected chi connectivity index (χ2v) is 15.6.